The van der Waals surface area contributed by atoms with Gasteiger partial charge in [-0.1, -0.05) is 20.8 Å². The maximum Gasteiger partial charge on any atom is 0.152 e. The predicted octanol–water partition coefficient (Wildman–Crippen LogP) is 1.27. The molecule has 0 spiro atoms. The van der Waals surface area contributed by atoms with Crippen molar-refractivity contribution in [3.8, 4) is 0 Å². The highest BCUT2D eigenvalue weighted by Gasteiger charge is 2.26. The third-order valence-electron chi connectivity index (χ3n) is 3.14. The number of piperidine rings is 1. The second-order valence-corrected chi connectivity index (χ2v) is 5.65. The minimum atomic E-state index is -0.213. The van der Waals surface area contributed by atoms with Gasteiger partial charge in [-0.05, 0) is 31.8 Å². The Morgan fingerprint density at radius 3 is 2.67 bits per heavy atom. The minimum Gasteiger partial charge on any atom is -0.330 e. The van der Waals surface area contributed by atoms with Crippen LogP contribution in [0.1, 0.15) is 33.6 Å². The minimum absolute atomic E-state index is 0.213. The first kappa shape index (κ1) is 12.7. The average Bonchev–Trinajstić information content (AvgIpc) is 2.16. The molecule has 0 amide bonds. The number of likely N-dealkylation sites (tertiary alicyclic amines) is 1. The van der Waals surface area contributed by atoms with Crippen LogP contribution in [0.2, 0.25) is 0 Å². The Morgan fingerprint density at radius 1 is 1.47 bits per heavy atom. The molecule has 1 aliphatic rings. The molecular formula is C12H24N2O. The molecule has 1 rings (SSSR count). The van der Waals surface area contributed by atoms with E-state index in [0.29, 0.717) is 18.2 Å². The van der Waals surface area contributed by atoms with Crippen molar-refractivity contribution in [3.05, 3.63) is 0 Å². The van der Waals surface area contributed by atoms with Gasteiger partial charge in [0.2, 0.25) is 0 Å². The predicted molar refractivity (Wildman–Crippen MR) is 62.7 cm³/mol. The number of carbonyl (C=O) groups excluding carboxylic acids is 1. The van der Waals surface area contributed by atoms with Crippen LogP contribution in [0.5, 0.6) is 0 Å². The van der Waals surface area contributed by atoms with Gasteiger partial charge in [0.25, 0.3) is 0 Å². The topological polar surface area (TPSA) is 46.3 Å². The Hall–Kier alpha value is -0.410. The molecule has 0 bridgehead atoms. The largest absolute Gasteiger partial charge is 0.330 e. The number of Topliss-reactive ketones (excluding diaryl/α,β-unsaturated/α-hetero) is 1. The van der Waals surface area contributed by atoms with Crippen LogP contribution in [0.3, 0.4) is 0 Å². The van der Waals surface area contributed by atoms with E-state index in [9.17, 15) is 4.79 Å². The normalized spacial score (nSPS) is 24.1. The summed E-state index contributed by atoms with van der Waals surface area (Å²) in [6, 6.07) is 0. The Bertz CT molecular complexity index is 220. The fourth-order valence-electron chi connectivity index (χ4n) is 1.93. The number of rotatable bonds is 3. The van der Waals surface area contributed by atoms with Crippen LogP contribution >= 0.6 is 0 Å². The molecule has 0 radical (unpaired) electrons. The van der Waals surface area contributed by atoms with E-state index in [4.69, 9.17) is 5.73 Å². The molecule has 0 saturated carbocycles. The van der Waals surface area contributed by atoms with E-state index in [2.05, 4.69) is 4.90 Å². The number of ketones is 1. The molecule has 1 saturated heterocycles. The Kier molecular flexibility index (Phi) is 4.29. The number of nitrogens with two attached hydrogens (primary N) is 1. The lowest BCUT2D eigenvalue weighted by Crippen LogP contribution is -2.43. The van der Waals surface area contributed by atoms with Crippen molar-refractivity contribution in [2.24, 2.45) is 17.1 Å². The zero-order chi connectivity index (χ0) is 11.5. The molecule has 0 aromatic rings. The van der Waals surface area contributed by atoms with Crippen molar-refractivity contribution < 1.29 is 4.79 Å². The second-order valence-electron chi connectivity index (χ2n) is 5.65. The maximum atomic E-state index is 11.9. The summed E-state index contributed by atoms with van der Waals surface area (Å²) in [4.78, 5) is 14.1. The first-order chi connectivity index (χ1) is 6.93. The van der Waals surface area contributed by atoms with Crippen molar-refractivity contribution >= 4 is 5.78 Å². The van der Waals surface area contributed by atoms with Gasteiger partial charge < -0.3 is 5.73 Å². The van der Waals surface area contributed by atoms with E-state index in [1.807, 2.05) is 20.8 Å². The quantitative estimate of drug-likeness (QED) is 0.766. The zero-order valence-electron chi connectivity index (χ0n) is 10.3. The lowest BCUT2D eigenvalue weighted by atomic mass is 9.89. The molecular weight excluding hydrogens is 188 g/mol. The van der Waals surface area contributed by atoms with Gasteiger partial charge in [0.15, 0.2) is 5.78 Å². The maximum absolute atomic E-state index is 11.9. The van der Waals surface area contributed by atoms with Crippen LogP contribution < -0.4 is 5.73 Å². The van der Waals surface area contributed by atoms with Crippen molar-refractivity contribution in [1.82, 2.24) is 4.90 Å². The van der Waals surface area contributed by atoms with Crippen LogP contribution in [-0.4, -0.2) is 36.9 Å². The standard InChI is InChI=1S/C12H24N2O/c1-12(2,3)11(15)9-14-6-4-5-10(7-13)8-14/h10H,4-9,13H2,1-3H3/t10-/m1/s1. The molecule has 2 N–H and O–H groups in total. The summed E-state index contributed by atoms with van der Waals surface area (Å²) < 4.78 is 0. The van der Waals surface area contributed by atoms with Crippen molar-refractivity contribution in [1.29, 1.82) is 0 Å². The van der Waals surface area contributed by atoms with E-state index >= 15 is 0 Å². The lowest BCUT2D eigenvalue weighted by Gasteiger charge is -2.33. The summed E-state index contributed by atoms with van der Waals surface area (Å²) in [6.07, 6.45) is 2.40. The number of nitrogens with zero attached hydrogens (tertiary/aromatic N) is 1. The van der Waals surface area contributed by atoms with Crippen LogP contribution in [0.4, 0.5) is 0 Å². The van der Waals surface area contributed by atoms with E-state index in [-0.39, 0.29) is 5.41 Å². The van der Waals surface area contributed by atoms with Gasteiger partial charge in [0.1, 0.15) is 0 Å². The average molecular weight is 212 g/mol. The Morgan fingerprint density at radius 2 is 2.13 bits per heavy atom. The summed E-state index contributed by atoms with van der Waals surface area (Å²) in [5.41, 5.74) is 5.46. The number of carbonyl (C=O) groups is 1. The van der Waals surface area contributed by atoms with Crippen LogP contribution in [-0.2, 0) is 4.79 Å². The summed E-state index contributed by atoms with van der Waals surface area (Å²) in [6.45, 7) is 9.36. The Labute approximate surface area is 93.0 Å². The second kappa shape index (κ2) is 5.08. The third kappa shape index (κ3) is 3.92. The fourth-order valence-corrected chi connectivity index (χ4v) is 1.93. The van der Waals surface area contributed by atoms with Gasteiger partial charge >= 0.3 is 0 Å². The molecule has 1 aliphatic heterocycles. The molecule has 3 nitrogen and oxygen atoms in total. The van der Waals surface area contributed by atoms with Crippen LogP contribution in [0.15, 0.2) is 0 Å². The van der Waals surface area contributed by atoms with Gasteiger partial charge in [-0.25, -0.2) is 0 Å². The highest BCUT2D eigenvalue weighted by Crippen LogP contribution is 2.19. The van der Waals surface area contributed by atoms with Gasteiger partial charge in [0.05, 0.1) is 6.54 Å². The van der Waals surface area contributed by atoms with E-state index < -0.39 is 0 Å². The van der Waals surface area contributed by atoms with Gasteiger partial charge in [-0.15, -0.1) is 0 Å². The molecule has 0 aliphatic carbocycles. The smallest absolute Gasteiger partial charge is 0.152 e. The lowest BCUT2D eigenvalue weighted by molar-refractivity contribution is -0.127. The summed E-state index contributed by atoms with van der Waals surface area (Å²) in [5.74, 6) is 0.923. The SMILES string of the molecule is CC(C)(C)C(=O)CN1CCC[C@H](CN)C1. The molecule has 88 valence electrons. The van der Waals surface area contributed by atoms with Gasteiger partial charge in [-0.3, -0.25) is 9.69 Å². The molecule has 3 heteroatoms. The molecule has 0 unspecified atom stereocenters. The van der Waals surface area contributed by atoms with Gasteiger partial charge in [-0.2, -0.15) is 0 Å². The Balaban J connectivity index is 2.41. The molecule has 1 atom stereocenters. The fraction of sp³-hybridized carbons (Fsp3) is 0.917. The summed E-state index contributed by atoms with van der Waals surface area (Å²) in [5, 5.41) is 0. The zero-order valence-corrected chi connectivity index (χ0v) is 10.3. The summed E-state index contributed by atoms with van der Waals surface area (Å²) >= 11 is 0. The van der Waals surface area contributed by atoms with Crippen molar-refractivity contribution in [3.63, 3.8) is 0 Å². The van der Waals surface area contributed by atoms with E-state index in [0.717, 1.165) is 19.6 Å². The molecule has 1 heterocycles. The third-order valence-corrected chi connectivity index (χ3v) is 3.14. The van der Waals surface area contributed by atoms with Crippen molar-refractivity contribution in [2.75, 3.05) is 26.2 Å². The summed E-state index contributed by atoms with van der Waals surface area (Å²) in [7, 11) is 0. The van der Waals surface area contributed by atoms with Crippen LogP contribution in [0, 0.1) is 11.3 Å². The van der Waals surface area contributed by atoms with E-state index in [1.54, 1.807) is 0 Å². The molecule has 15 heavy (non-hydrogen) atoms. The highest BCUT2D eigenvalue weighted by molar-refractivity contribution is 5.85. The van der Waals surface area contributed by atoms with E-state index in [1.165, 1.54) is 12.8 Å². The molecule has 0 aromatic heterocycles. The van der Waals surface area contributed by atoms with Gasteiger partial charge in [0, 0.05) is 12.0 Å². The molecule has 0 aromatic carbocycles. The first-order valence-electron chi connectivity index (χ1n) is 5.89. The highest BCUT2D eigenvalue weighted by atomic mass is 16.1. The number of hydrogen-bond acceptors (Lipinski definition) is 3. The monoisotopic (exact) mass is 212 g/mol. The molecule has 1 fully saturated rings. The van der Waals surface area contributed by atoms with Crippen LogP contribution in [0.25, 0.3) is 0 Å². The number of hydrogen-bond donors (Lipinski definition) is 1. The first-order valence-corrected chi connectivity index (χ1v) is 5.89. The van der Waals surface area contributed by atoms with Crippen molar-refractivity contribution in [2.45, 2.75) is 33.6 Å².